The molecule has 0 amide bonds. The monoisotopic (exact) mass is 340 g/mol. The van der Waals surface area contributed by atoms with Crippen LogP contribution < -0.4 is 0 Å². The van der Waals surface area contributed by atoms with Crippen LogP contribution in [0.5, 0.6) is 0 Å². The van der Waals surface area contributed by atoms with Crippen LogP contribution >= 0.6 is 15.9 Å². The summed E-state index contributed by atoms with van der Waals surface area (Å²) in [5, 5.41) is 0. The number of ether oxygens (including phenoxy) is 2. The number of esters is 2. The van der Waals surface area contributed by atoms with Gasteiger partial charge in [0, 0.05) is 0 Å². The van der Waals surface area contributed by atoms with Gasteiger partial charge >= 0.3 is 11.9 Å². The van der Waals surface area contributed by atoms with E-state index in [1.165, 1.54) is 4.40 Å². The number of rotatable bonds is 4. The minimum Gasteiger partial charge on any atom is -0.461 e. The first-order chi connectivity index (χ1) is 9.60. The molecule has 106 valence electrons. The van der Waals surface area contributed by atoms with Crippen molar-refractivity contribution in [2.45, 2.75) is 13.8 Å². The van der Waals surface area contributed by atoms with Gasteiger partial charge in [0.25, 0.3) is 0 Å². The van der Waals surface area contributed by atoms with Crippen molar-refractivity contribution in [1.82, 2.24) is 9.38 Å². The van der Waals surface area contributed by atoms with Crippen LogP contribution in [0.4, 0.5) is 0 Å². The van der Waals surface area contributed by atoms with Crippen LogP contribution in [0.25, 0.3) is 5.65 Å². The summed E-state index contributed by atoms with van der Waals surface area (Å²) in [5.41, 5.74) is 0.883. The first-order valence-corrected chi connectivity index (χ1v) is 6.90. The molecule has 2 aromatic rings. The third kappa shape index (κ3) is 2.53. The highest BCUT2D eigenvalue weighted by molar-refractivity contribution is 9.10. The Balaban J connectivity index is 2.57. The average molecular weight is 341 g/mol. The minimum absolute atomic E-state index is 0.128. The third-order valence-electron chi connectivity index (χ3n) is 2.54. The Hall–Kier alpha value is -1.89. The molecule has 0 bridgehead atoms. The summed E-state index contributed by atoms with van der Waals surface area (Å²) in [6, 6.07) is 4.97. The number of nitrogens with zero attached hydrogens (tertiary/aromatic N) is 2. The maximum Gasteiger partial charge on any atom is 0.359 e. The van der Waals surface area contributed by atoms with Gasteiger partial charge in [-0.3, -0.25) is 4.40 Å². The first-order valence-electron chi connectivity index (χ1n) is 6.11. The zero-order valence-corrected chi connectivity index (χ0v) is 12.6. The zero-order valence-electron chi connectivity index (χ0n) is 11.1. The fraction of sp³-hybridized carbons (Fsp3) is 0.308. The van der Waals surface area contributed by atoms with Crippen LogP contribution in [0.1, 0.15) is 34.8 Å². The number of carbonyl (C=O) groups excluding carboxylic acids is 2. The number of imidazole rings is 1. The van der Waals surface area contributed by atoms with Crippen LogP contribution in [0, 0.1) is 0 Å². The molecule has 2 heterocycles. The number of hydrogen-bond acceptors (Lipinski definition) is 5. The second kappa shape index (κ2) is 6.04. The van der Waals surface area contributed by atoms with E-state index in [1.807, 2.05) is 0 Å². The molecular weight excluding hydrogens is 328 g/mol. The van der Waals surface area contributed by atoms with Gasteiger partial charge in [-0.05, 0) is 41.9 Å². The number of pyridine rings is 1. The predicted molar refractivity (Wildman–Crippen MR) is 74.8 cm³/mol. The van der Waals surface area contributed by atoms with Crippen LogP contribution in [0.3, 0.4) is 0 Å². The summed E-state index contributed by atoms with van der Waals surface area (Å²) in [4.78, 5) is 27.9. The lowest BCUT2D eigenvalue weighted by atomic mass is 10.3. The largest absolute Gasteiger partial charge is 0.461 e. The third-order valence-corrected chi connectivity index (χ3v) is 3.27. The van der Waals surface area contributed by atoms with Crippen molar-refractivity contribution in [2.24, 2.45) is 0 Å². The van der Waals surface area contributed by atoms with E-state index in [0.717, 1.165) is 0 Å². The van der Waals surface area contributed by atoms with E-state index < -0.39 is 11.9 Å². The van der Waals surface area contributed by atoms with Crippen molar-refractivity contribution in [2.75, 3.05) is 13.2 Å². The Labute approximate surface area is 123 Å². The summed E-state index contributed by atoms with van der Waals surface area (Å²) in [6.45, 7) is 3.97. The van der Waals surface area contributed by atoms with E-state index in [9.17, 15) is 9.59 Å². The van der Waals surface area contributed by atoms with E-state index >= 15 is 0 Å². The van der Waals surface area contributed by atoms with Gasteiger partial charge in [-0.1, -0.05) is 6.07 Å². The fourth-order valence-electron chi connectivity index (χ4n) is 1.75. The Morgan fingerprint density at radius 3 is 2.50 bits per heavy atom. The van der Waals surface area contributed by atoms with Gasteiger partial charge in [-0.2, -0.15) is 0 Å². The van der Waals surface area contributed by atoms with Gasteiger partial charge < -0.3 is 9.47 Å². The normalized spacial score (nSPS) is 10.6. The molecule has 0 fully saturated rings. The van der Waals surface area contributed by atoms with Gasteiger partial charge in [0.05, 0.1) is 13.2 Å². The summed E-state index contributed by atoms with van der Waals surface area (Å²) in [5.74, 6) is -1.02. The predicted octanol–water partition coefficient (Wildman–Crippen LogP) is 2.45. The number of carbonyl (C=O) groups is 2. The van der Waals surface area contributed by atoms with E-state index in [0.29, 0.717) is 15.9 Å². The quantitative estimate of drug-likeness (QED) is 0.799. The van der Waals surface area contributed by atoms with E-state index in [1.54, 1.807) is 32.0 Å². The molecule has 2 rings (SSSR count). The molecule has 0 atom stereocenters. The van der Waals surface area contributed by atoms with Crippen LogP contribution in [-0.4, -0.2) is 34.5 Å². The highest BCUT2D eigenvalue weighted by Crippen LogP contribution is 2.22. The molecule has 2 aromatic heterocycles. The lowest BCUT2D eigenvalue weighted by molar-refractivity contribution is 0.0505. The first kappa shape index (κ1) is 14.5. The van der Waals surface area contributed by atoms with Gasteiger partial charge in [-0.25, -0.2) is 14.6 Å². The molecule has 0 aliphatic rings. The minimum atomic E-state index is -0.544. The Morgan fingerprint density at radius 2 is 1.85 bits per heavy atom. The van der Waals surface area contributed by atoms with Crippen LogP contribution in [0.2, 0.25) is 0 Å². The summed E-state index contributed by atoms with van der Waals surface area (Å²) in [7, 11) is 0. The van der Waals surface area contributed by atoms with Crippen molar-refractivity contribution in [3.05, 3.63) is 34.2 Å². The molecule has 6 nitrogen and oxygen atoms in total. The maximum absolute atomic E-state index is 11.9. The summed E-state index contributed by atoms with van der Waals surface area (Å²) < 4.78 is 11.8. The number of aromatic nitrogens is 2. The lowest BCUT2D eigenvalue weighted by Crippen LogP contribution is -2.10. The van der Waals surface area contributed by atoms with E-state index in [2.05, 4.69) is 20.9 Å². The fourth-order valence-corrected chi connectivity index (χ4v) is 2.37. The van der Waals surface area contributed by atoms with Crippen molar-refractivity contribution < 1.29 is 19.1 Å². The molecule has 0 aliphatic carbocycles. The smallest absolute Gasteiger partial charge is 0.359 e. The molecule has 7 heteroatoms. The average Bonchev–Trinajstić information content (AvgIpc) is 2.77. The van der Waals surface area contributed by atoms with Crippen LogP contribution in [0.15, 0.2) is 22.8 Å². The molecule has 0 saturated heterocycles. The molecule has 0 spiro atoms. The van der Waals surface area contributed by atoms with Crippen molar-refractivity contribution >= 4 is 33.5 Å². The van der Waals surface area contributed by atoms with Gasteiger partial charge in [0.1, 0.15) is 15.9 Å². The Bertz CT molecular complexity index is 666. The second-order valence-electron chi connectivity index (χ2n) is 3.80. The van der Waals surface area contributed by atoms with Gasteiger partial charge in [-0.15, -0.1) is 0 Å². The topological polar surface area (TPSA) is 69.9 Å². The second-order valence-corrected chi connectivity index (χ2v) is 4.55. The molecule has 0 N–H and O–H groups in total. The highest BCUT2D eigenvalue weighted by atomic mass is 79.9. The molecule has 0 aromatic carbocycles. The molecule has 0 unspecified atom stereocenters. The lowest BCUT2D eigenvalue weighted by Gasteiger charge is -2.05. The Morgan fingerprint density at radius 1 is 1.20 bits per heavy atom. The van der Waals surface area contributed by atoms with Crippen molar-refractivity contribution in [3.8, 4) is 0 Å². The standard InChI is InChI=1S/C13H13BrN2O4/c1-3-19-12(17)8-6-5-7-9-15-10(11(14)16(8)9)13(18)20-4-2/h5-7H,3-4H2,1-2H3. The van der Waals surface area contributed by atoms with Crippen molar-refractivity contribution in [3.63, 3.8) is 0 Å². The SMILES string of the molecule is CCOC(=O)c1nc2cccc(C(=O)OCC)n2c1Br. The maximum atomic E-state index is 11.9. The van der Waals surface area contributed by atoms with Gasteiger partial charge in [0.2, 0.25) is 0 Å². The summed E-state index contributed by atoms with van der Waals surface area (Å²) >= 11 is 3.28. The zero-order chi connectivity index (χ0) is 14.7. The Kier molecular flexibility index (Phi) is 4.39. The molecule has 0 radical (unpaired) electrons. The van der Waals surface area contributed by atoms with Gasteiger partial charge in [0.15, 0.2) is 5.69 Å². The molecule has 20 heavy (non-hydrogen) atoms. The number of fused-ring (bicyclic) bond motifs is 1. The van der Waals surface area contributed by atoms with E-state index in [-0.39, 0.29) is 18.9 Å². The summed E-state index contributed by atoms with van der Waals surface area (Å²) in [6.07, 6.45) is 0. The van der Waals surface area contributed by atoms with E-state index in [4.69, 9.17) is 9.47 Å². The number of hydrogen-bond donors (Lipinski definition) is 0. The molecular formula is C13H13BrN2O4. The van der Waals surface area contributed by atoms with Crippen LogP contribution in [-0.2, 0) is 9.47 Å². The molecule has 0 aliphatic heterocycles. The highest BCUT2D eigenvalue weighted by Gasteiger charge is 2.22. The number of halogens is 1. The molecule has 0 saturated carbocycles. The van der Waals surface area contributed by atoms with Crippen molar-refractivity contribution in [1.29, 1.82) is 0 Å².